The quantitative estimate of drug-likeness (QED) is 0.866. The molecule has 118 valence electrons. The number of aromatic nitrogens is 2. The largest absolute Gasteiger partial charge is 0.477 e. The van der Waals surface area contributed by atoms with Gasteiger partial charge in [0.15, 0.2) is 4.90 Å². The van der Waals surface area contributed by atoms with Crippen molar-refractivity contribution in [1.82, 2.24) is 9.78 Å². The van der Waals surface area contributed by atoms with E-state index in [4.69, 9.17) is 4.74 Å². The van der Waals surface area contributed by atoms with E-state index in [1.54, 1.807) is 16.8 Å². The van der Waals surface area contributed by atoms with Crippen LogP contribution in [0.2, 0.25) is 0 Å². The van der Waals surface area contributed by atoms with Crippen molar-refractivity contribution in [2.24, 2.45) is 0 Å². The first kappa shape index (κ1) is 14.9. The zero-order valence-corrected chi connectivity index (χ0v) is 13.5. The van der Waals surface area contributed by atoms with Gasteiger partial charge in [-0.25, -0.2) is 13.1 Å². The molecule has 0 spiro atoms. The van der Waals surface area contributed by atoms with Crippen LogP contribution in [0.5, 0.6) is 5.88 Å². The van der Waals surface area contributed by atoms with E-state index in [0.717, 1.165) is 6.42 Å². The van der Waals surface area contributed by atoms with Gasteiger partial charge >= 0.3 is 0 Å². The molecule has 0 atom stereocenters. The summed E-state index contributed by atoms with van der Waals surface area (Å²) in [5.41, 5.74) is 0.633. The van der Waals surface area contributed by atoms with Crippen molar-refractivity contribution in [3.63, 3.8) is 0 Å². The van der Waals surface area contributed by atoms with Crippen LogP contribution in [-0.4, -0.2) is 30.8 Å². The molecule has 1 aliphatic heterocycles. The van der Waals surface area contributed by atoms with E-state index in [2.05, 4.69) is 5.10 Å². The molecule has 1 aromatic carbocycles. The lowest BCUT2D eigenvalue weighted by Crippen LogP contribution is -2.37. The van der Waals surface area contributed by atoms with Gasteiger partial charge in [-0.05, 0) is 26.0 Å². The Morgan fingerprint density at radius 1 is 1.27 bits per heavy atom. The summed E-state index contributed by atoms with van der Waals surface area (Å²) in [6, 6.07) is 8.86. The topological polar surface area (TPSA) is 64.4 Å². The summed E-state index contributed by atoms with van der Waals surface area (Å²) in [5.74, 6) is 0.341. The van der Waals surface area contributed by atoms with Crippen LogP contribution in [0.25, 0.3) is 0 Å². The zero-order valence-electron chi connectivity index (χ0n) is 12.6. The predicted octanol–water partition coefficient (Wildman–Crippen LogP) is 2.27. The molecule has 7 heteroatoms. The third kappa shape index (κ3) is 2.45. The standard InChI is InChI=1S/C15H19N3O3S/c1-12(2)18(13-7-4-3-5-8-13)22(19,20)14-11-16-17-9-6-10-21-15(14)17/h3-5,7-8,11-12H,6,9-10H2,1-2H3. The van der Waals surface area contributed by atoms with Crippen LogP contribution < -0.4 is 9.04 Å². The Morgan fingerprint density at radius 2 is 2.00 bits per heavy atom. The van der Waals surface area contributed by atoms with Gasteiger partial charge < -0.3 is 4.74 Å². The molecule has 0 fully saturated rings. The van der Waals surface area contributed by atoms with Crippen LogP contribution in [0.3, 0.4) is 0 Å². The third-order valence-electron chi connectivity index (χ3n) is 3.53. The number of hydrogen-bond acceptors (Lipinski definition) is 4. The molecular formula is C15H19N3O3S. The summed E-state index contributed by atoms with van der Waals surface area (Å²) in [4.78, 5) is 0.129. The highest BCUT2D eigenvalue weighted by Gasteiger charge is 2.33. The van der Waals surface area contributed by atoms with Crippen LogP contribution >= 0.6 is 0 Å². The number of rotatable bonds is 4. The minimum atomic E-state index is -3.73. The highest BCUT2D eigenvalue weighted by Crippen LogP contribution is 2.32. The van der Waals surface area contributed by atoms with E-state index in [-0.39, 0.29) is 10.9 Å². The normalized spacial score (nSPS) is 14.5. The van der Waals surface area contributed by atoms with Crippen LogP contribution in [0.1, 0.15) is 20.3 Å². The van der Waals surface area contributed by atoms with Gasteiger partial charge in [-0.2, -0.15) is 5.10 Å². The second kappa shape index (κ2) is 5.64. The average molecular weight is 321 g/mol. The number of anilines is 1. The summed E-state index contributed by atoms with van der Waals surface area (Å²) >= 11 is 0. The molecule has 0 saturated carbocycles. The fourth-order valence-electron chi connectivity index (χ4n) is 2.62. The number of sulfonamides is 1. The van der Waals surface area contributed by atoms with E-state index in [1.165, 1.54) is 10.5 Å². The van der Waals surface area contributed by atoms with E-state index < -0.39 is 10.0 Å². The number of ether oxygens (including phenoxy) is 1. The Kier molecular flexibility index (Phi) is 3.82. The van der Waals surface area contributed by atoms with Gasteiger partial charge in [0, 0.05) is 19.0 Å². The first-order chi connectivity index (χ1) is 10.5. The highest BCUT2D eigenvalue weighted by atomic mass is 32.2. The molecule has 1 aliphatic rings. The number of hydrogen-bond donors (Lipinski definition) is 0. The second-order valence-electron chi connectivity index (χ2n) is 5.47. The first-order valence-electron chi connectivity index (χ1n) is 7.30. The minimum absolute atomic E-state index is 0.129. The highest BCUT2D eigenvalue weighted by molar-refractivity contribution is 7.93. The van der Waals surface area contributed by atoms with E-state index in [1.807, 2.05) is 32.0 Å². The smallest absolute Gasteiger partial charge is 0.271 e. The number of benzene rings is 1. The molecule has 0 aliphatic carbocycles. The number of nitrogens with zero attached hydrogens (tertiary/aromatic N) is 3. The molecule has 6 nitrogen and oxygen atoms in total. The van der Waals surface area contributed by atoms with Crippen molar-refractivity contribution in [3.8, 4) is 5.88 Å². The first-order valence-corrected chi connectivity index (χ1v) is 8.74. The van der Waals surface area contributed by atoms with Gasteiger partial charge in [0.2, 0.25) is 5.88 Å². The molecule has 1 aromatic heterocycles. The van der Waals surface area contributed by atoms with Crippen molar-refractivity contribution in [2.45, 2.75) is 37.8 Å². The van der Waals surface area contributed by atoms with Crippen molar-refractivity contribution in [1.29, 1.82) is 0 Å². The summed E-state index contributed by atoms with van der Waals surface area (Å²) in [5, 5.41) is 4.14. The Labute approximate surface area is 130 Å². The fourth-order valence-corrected chi connectivity index (χ4v) is 4.35. The maximum absolute atomic E-state index is 13.1. The van der Waals surface area contributed by atoms with Gasteiger partial charge in [0.05, 0.1) is 18.5 Å². The number of para-hydroxylation sites is 1. The molecule has 0 bridgehead atoms. The SMILES string of the molecule is CC(C)N(c1ccccc1)S(=O)(=O)c1cnn2c1OCCC2. The van der Waals surface area contributed by atoms with Gasteiger partial charge in [-0.15, -0.1) is 0 Å². The predicted molar refractivity (Wildman–Crippen MR) is 83.6 cm³/mol. The van der Waals surface area contributed by atoms with E-state index >= 15 is 0 Å². The average Bonchev–Trinajstić information content (AvgIpc) is 2.92. The summed E-state index contributed by atoms with van der Waals surface area (Å²) in [7, 11) is -3.73. The Balaban J connectivity index is 2.09. The summed E-state index contributed by atoms with van der Waals surface area (Å²) in [6.07, 6.45) is 2.22. The minimum Gasteiger partial charge on any atom is -0.477 e. The fraction of sp³-hybridized carbons (Fsp3) is 0.400. The maximum atomic E-state index is 13.1. The third-order valence-corrected chi connectivity index (χ3v) is 5.52. The van der Waals surface area contributed by atoms with Crippen molar-refractivity contribution >= 4 is 15.7 Å². The zero-order chi connectivity index (χ0) is 15.7. The maximum Gasteiger partial charge on any atom is 0.271 e. The number of aryl methyl sites for hydroxylation is 1. The van der Waals surface area contributed by atoms with Crippen LogP contribution in [0.15, 0.2) is 41.4 Å². The molecule has 2 heterocycles. The van der Waals surface area contributed by atoms with E-state index in [9.17, 15) is 8.42 Å². The summed E-state index contributed by atoms with van der Waals surface area (Å²) < 4.78 is 34.8. The molecular weight excluding hydrogens is 302 g/mol. The Morgan fingerprint density at radius 3 is 2.68 bits per heavy atom. The molecule has 3 rings (SSSR count). The van der Waals surface area contributed by atoms with Crippen LogP contribution in [0, 0.1) is 0 Å². The van der Waals surface area contributed by atoms with Crippen molar-refractivity contribution < 1.29 is 13.2 Å². The second-order valence-corrected chi connectivity index (χ2v) is 7.25. The van der Waals surface area contributed by atoms with Crippen LogP contribution in [-0.2, 0) is 16.6 Å². The Bertz CT molecular complexity index is 754. The monoisotopic (exact) mass is 321 g/mol. The molecule has 0 saturated heterocycles. The number of fused-ring (bicyclic) bond motifs is 1. The molecule has 0 unspecified atom stereocenters. The Hall–Kier alpha value is -2.02. The molecule has 0 amide bonds. The lowest BCUT2D eigenvalue weighted by molar-refractivity contribution is 0.224. The molecule has 0 N–H and O–H groups in total. The summed E-state index contributed by atoms with van der Waals surface area (Å²) in [6.45, 7) is 4.89. The van der Waals surface area contributed by atoms with Crippen molar-refractivity contribution in [3.05, 3.63) is 36.5 Å². The van der Waals surface area contributed by atoms with Crippen molar-refractivity contribution in [2.75, 3.05) is 10.9 Å². The van der Waals surface area contributed by atoms with Gasteiger partial charge in [0.25, 0.3) is 10.0 Å². The molecule has 22 heavy (non-hydrogen) atoms. The van der Waals surface area contributed by atoms with Gasteiger partial charge in [0.1, 0.15) is 0 Å². The lowest BCUT2D eigenvalue weighted by Gasteiger charge is -2.28. The van der Waals surface area contributed by atoms with E-state index in [0.29, 0.717) is 24.7 Å². The van der Waals surface area contributed by atoms with Gasteiger partial charge in [-0.1, -0.05) is 18.2 Å². The lowest BCUT2D eigenvalue weighted by atomic mass is 10.3. The molecule has 0 radical (unpaired) electrons. The molecule has 2 aromatic rings. The van der Waals surface area contributed by atoms with Gasteiger partial charge in [-0.3, -0.25) is 4.31 Å². The van der Waals surface area contributed by atoms with Crippen LogP contribution in [0.4, 0.5) is 5.69 Å².